The number of anilines is 2. The van der Waals surface area contributed by atoms with E-state index in [9.17, 15) is 0 Å². The van der Waals surface area contributed by atoms with Gasteiger partial charge in [0.25, 0.3) is 0 Å². The molecule has 5 heteroatoms. The number of halogens is 1. The number of benzene rings is 1. The van der Waals surface area contributed by atoms with Crippen LogP contribution in [-0.4, -0.2) is 17.0 Å². The molecule has 88 valence electrons. The van der Waals surface area contributed by atoms with Gasteiger partial charge in [0, 0.05) is 18.6 Å². The average molecular weight is 249 g/mol. The third-order valence-electron chi connectivity index (χ3n) is 2.36. The number of hydrogen-bond donors (Lipinski definition) is 1. The second-order valence-corrected chi connectivity index (χ2v) is 4.22. The average Bonchev–Trinajstić information content (AvgIpc) is 2.29. The summed E-state index contributed by atoms with van der Waals surface area (Å²) in [6, 6.07) is 7.74. The van der Waals surface area contributed by atoms with E-state index in [-0.39, 0.29) is 0 Å². The molecular weight excluding hydrogens is 236 g/mol. The zero-order valence-corrected chi connectivity index (χ0v) is 10.2. The van der Waals surface area contributed by atoms with Crippen LogP contribution in [0.4, 0.5) is 11.6 Å². The topological polar surface area (TPSA) is 55.0 Å². The smallest absolute Gasteiger partial charge is 0.147 e. The number of aromatic nitrogens is 2. The van der Waals surface area contributed by atoms with Crippen molar-refractivity contribution in [1.82, 2.24) is 9.97 Å². The number of hydrogen-bond acceptors (Lipinski definition) is 4. The number of nitrogen functional groups attached to an aromatic ring is 1. The zero-order valence-electron chi connectivity index (χ0n) is 9.47. The summed E-state index contributed by atoms with van der Waals surface area (Å²) in [7, 11) is 1.95. The molecule has 0 saturated carbocycles. The minimum Gasteiger partial charge on any atom is -0.382 e. The van der Waals surface area contributed by atoms with Gasteiger partial charge in [-0.1, -0.05) is 23.7 Å². The predicted molar refractivity (Wildman–Crippen MR) is 70.0 cm³/mol. The predicted octanol–water partition coefficient (Wildman–Crippen LogP) is 2.35. The molecule has 1 heterocycles. The van der Waals surface area contributed by atoms with E-state index in [1.54, 1.807) is 12.4 Å². The van der Waals surface area contributed by atoms with E-state index in [1.807, 2.05) is 36.2 Å². The maximum atomic E-state index is 5.93. The highest BCUT2D eigenvalue weighted by molar-refractivity contribution is 6.30. The van der Waals surface area contributed by atoms with Gasteiger partial charge < -0.3 is 10.6 Å². The first-order valence-electron chi connectivity index (χ1n) is 5.18. The summed E-state index contributed by atoms with van der Waals surface area (Å²) in [4.78, 5) is 10.2. The van der Waals surface area contributed by atoms with E-state index in [2.05, 4.69) is 9.97 Å². The van der Waals surface area contributed by atoms with E-state index in [0.717, 1.165) is 22.9 Å². The molecule has 4 nitrogen and oxygen atoms in total. The lowest BCUT2D eigenvalue weighted by Crippen LogP contribution is -2.17. The standard InChI is InChI=1S/C12H13ClN4/c1-17(12-7-15-11(14)6-16-12)8-9-3-2-4-10(13)5-9/h2-7H,8H2,1H3,(H2,14,15). The summed E-state index contributed by atoms with van der Waals surface area (Å²) in [5, 5.41) is 0.735. The van der Waals surface area contributed by atoms with Crippen LogP contribution in [-0.2, 0) is 6.54 Å². The molecule has 2 rings (SSSR count). The van der Waals surface area contributed by atoms with Crippen LogP contribution in [0, 0.1) is 0 Å². The third kappa shape index (κ3) is 3.07. The second-order valence-electron chi connectivity index (χ2n) is 3.79. The Bertz CT molecular complexity index is 498. The van der Waals surface area contributed by atoms with Crippen molar-refractivity contribution in [1.29, 1.82) is 0 Å². The second kappa shape index (κ2) is 5.01. The monoisotopic (exact) mass is 248 g/mol. The van der Waals surface area contributed by atoms with Crippen LogP contribution in [0.1, 0.15) is 5.56 Å². The van der Waals surface area contributed by atoms with Crippen LogP contribution in [0.2, 0.25) is 5.02 Å². The molecule has 0 saturated heterocycles. The fourth-order valence-electron chi connectivity index (χ4n) is 1.52. The van der Waals surface area contributed by atoms with Gasteiger partial charge >= 0.3 is 0 Å². The van der Waals surface area contributed by atoms with Crippen molar-refractivity contribution in [3.63, 3.8) is 0 Å². The van der Waals surface area contributed by atoms with Crippen molar-refractivity contribution in [2.75, 3.05) is 17.7 Å². The molecule has 2 aromatic rings. The summed E-state index contributed by atoms with van der Waals surface area (Å²) in [6.45, 7) is 0.721. The van der Waals surface area contributed by atoms with Gasteiger partial charge in [-0.3, -0.25) is 0 Å². The van der Waals surface area contributed by atoms with Crippen LogP contribution in [0.5, 0.6) is 0 Å². The molecule has 1 aromatic carbocycles. The van der Waals surface area contributed by atoms with Crippen LogP contribution < -0.4 is 10.6 Å². The van der Waals surface area contributed by atoms with Crippen LogP contribution >= 0.6 is 11.6 Å². The highest BCUT2D eigenvalue weighted by Gasteiger charge is 2.04. The summed E-state index contributed by atoms with van der Waals surface area (Å²) in [6.07, 6.45) is 3.20. The first-order chi connectivity index (χ1) is 8.15. The van der Waals surface area contributed by atoms with Crippen molar-refractivity contribution < 1.29 is 0 Å². The Morgan fingerprint density at radius 3 is 2.76 bits per heavy atom. The van der Waals surface area contributed by atoms with Crippen molar-refractivity contribution in [3.8, 4) is 0 Å². The van der Waals surface area contributed by atoms with Gasteiger partial charge in [0.2, 0.25) is 0 Å². The molecule has 0 spiro atoms. The molecule has 0 amide bonds. The van der Waals surface area contributed by atoms with Crippen molar-refractivity contribution in [2.24, 2.45) is 0 Å². The van der Waals surface area contributed by atoms with Gasteiger partial charge in [-0.25, -0.2) is 9.97 Å². The van der Waals surface area contributed by atoms with Gasteiger partial charge in [0.15, 0.2) is 0 Å². The lowest BCUT2D eigenvalue weighted by Gasteiger charge is -2.17. The zero-order chi connectivity index (χ0) is 12.3. The van der Waals surface area contributed by atoms with Crippen molar-refractivity contribution in [2.45, 2.75) is 6.54 Å². The van der Waals surface area contributed by atoms with Crippen LogP contribution in [0.3, 0.4) is 0 Å². The molecule has 0 fully saturated rings. The SMILES string of the molecule is CN(Cc1cccc(Cl)c1)c1cnc(N)cn1. The summed E-state index contributed by atoms with van der Waals surface area (Å²) in [5.74, 6) is 1.20. The summed E-state index contributed by atoms with van der Waals surface area (Å²) < 4.78 is 0. The molecule has 0 radical (unpaired) electrons. The summed E-state index contributed by atoms with van der Waals surface area (Å²) in [5.41, 5.74) is 6.61. The Morgan fingerprint density at radius 1 is 1.29 bits per heavy atom. The quantitative estimate of drug-likeness (QED) is 0.906. The largest absolute Gasteiger partial charge is 0.382 e. The molecule has 0 bridgehead atoms. The molecule has 17 heavy (non-hydrogen) atoms. The van der Waals surface area contributed by atoms with Gasteiger partial charge in [-0.15, -0.1) is 0 Å². The van der Waals surface area contributed by atoms with E-state index in [0.29, 0.717) is 5.82 Å². The van der Waals surface area contributed by atoms with E-state index in [4.69, 9.17) is 17.3 Å². The molecule has 0 aliphatic carbocycles. The van der Waals surface area contributed by atoms with E-state index in [1.165, 1.54) is 0 Å². The Labute approximate surface area is 105 Å². The van der Waals surface area contributed by atoms with Gasteiger partial charge in [0.05, 0.1) is 12.4 Å². The Kier molecular flexibility index (Phi) is 3.44. The highest BCUT2D eigenvalue weighted by Crippen LogP contribution is 2.15. The Hall–Kier alpha value is -1.81. The normalized spacial score (nSPS) is 10.2. The molecule has 2 N–H and O–H groups in total. The molecular formula is C12H13ClN4. The number of rotatable bonds is 3. The maximum Gasteiger partial charge on any atom is 0.147 e. The van der Waals surface area contributed by atoms with Gasteiger partial charge in [-0.2, -0.15) is 0 Å². The fraction of sp³-hybridized carbons (Fsp3) is 0.167. The molecule has 0 aliphatic rings. The third-order valence-corrected chi connectivity index (χ3v) is 2.59. The Balaban J connectivity index is 2.11. The molecule has 0 aliphatic heterocycles. The highest BCUT2D eigenvalue weighted by atomic mass is 35.5. The minimum atomic E-state index is 0.421. The lowest BCUT2D eigenvalue weighted by molar-refractivity contribution is 0.891. The fourth-order valence-corrected chi connectivity index (χ4v) is 1.73. The van der Waals surface area contributed by atoms with Crippen LogP contribution in [0.25, 0.3) is 0 Å². The first-order valence-corrected chi connectivity index (χ1v) is 5.56. The maximum absolute atomic E-state index is 5.93. The van der Waals surface area contributed by atoms with Gasteiger partial charge in [-0.05, 0) is 17.7 Å². The van der Waals surface area contributed by atoms with Gasteiger partial charge in [0.1, 0.15) is 11.6 Å². The molecule has 0 unspecified atom stereocenters. The first kappa shape index (κ1) is 11.7. The molecule has 1 aromatic heterocycles. The Morgan fingerprint density at radius 2 is 2.12 bits per heavy atom. The summed E-state index contributed by atoms with van der Waals surface area (Å²) >= 11 is 5.93. The number of nitrogens with two attached hydrogens (primary N) is 1. The lowest BCUT2D eigenvalue weighted by atomic mass is 10.2. The van der Waals surface area contributed by atoms with E-state index < -0.39 is 0 Å². The minimum absolute atomic E-state index is 0.421. The molecule has 0 atom stereocenters. The number of nitrogens with zero attached hydrogens (tertiary/aromatic N) is 3. The van der Waals surface area contributed by atoms with Crippen molar-refractivity contribution >= 4 is 23.2 Å². The van der Waals surface area contributed by atoms with E-state index >= 15 is 0 Å². The van der Waals surface area contributed by atoms with Crippen LogP contribution in [0.15, 0.2) is 36.7 Å². The van der Waals surface area contributed by atoms with Crippen molar-refractivity contribution in [3.05, 3.63) is 47.2 Å².